The highest BCUT2D eigenvalue weighted by Gasteiger charge is 2.35. The fraction of sp³-hybridized carbons (Fsp3) is 1.00. The van der Waals surface area contributed by atoms with Gasteiger partial charge in [0.25, 0.3) is 0 Å². The summed E-state index contributed by atoms with van der Waals surface area (Å²) in [6, 6.07) is 0.211. The topological polar surface area (TPSA) is 72.6 Å². The molecule has 6 heteroatoms. The average molecular weight is 276 g/mol. The molecule has 0 amide bonds. The minimum atomic E-state index is -3.19. The van der Waals surface area contributed by atoms with Gasteiger partial charge in [0.05, 0.1) is 11.9 Å². The van der Waals surface area contributed by atoms with Crippen LogP contribution in [0.3, 0.4) is 0 Å². The maximum Gasteiger partial charge on any atom is 0.216 e. The maximum atomic E-state index is 12.4. The quantitative estimate of drug-likeness (QED) is 0.743. The Morgan fingerprint density at radius 2 is 2.00 bits per heavy atom. The summed E-state index contributed by atoms with van der Waals surface area (Å²) in [5.41, 5.74) is 5.50. The van der Waals surface area contributed by atoms with Crippen LogP contribution in [0.1, 0.15) is 38.5 Å². The lowest BCUT2D eigenvalue weighted by Gasteiger charge is -2.37. The minimum absolute atomic E-state index is 0.101. The lowest BCUT2D eigenvalue weighted by molar-refractivity contribution is 0.124. The van der Waals surface area contributed by atoms with Gasteiger partial charge in [-0.25, -0.2) is 8.42 Å². The summed E-state index contributed by atoms with van der Waals surface area (Å²) in [5, 5.41) is 0. The van der Waals surface area contributed by atoms with E-state index in [9.17, 15) is 8.42 Å². The lowest BCUT2D eigenvalue weighted by atomic mass is 9.93. The van der Waals surface area contributed by atoms with Crippen LogP contribution in [0.2, 0.25) is 0 Å². The van der Waals surface area contributed by atoms with Crippen molar-refractivity contribution in [2.75, 3.05) is 25.4 Å². The Morgan fingerprint density at radius 1 is 1.22 bits per heavy atom. The van der Waals surface area contributed by atoms with Crippen molar-refractivity contribution in [3.8, 4) is 0 Å². The number of sulfonamides is 1. The fourth-order valence-corrected chi connectivity index (χ4v) is 4.57. The van der Waals surface area contributed by atoms with Gasteiger partial charge in [-0.05, 0) is 38.6 Å². The van der Waals surface area contributed by atoms with Gasteiger partial charge < -0.3 is 10.5 Å². The molecule has 1 heterocycles. The molecule has 2 rings (SSSR count). The molecule has 18 heavy (non-hydrogen) atoms. The average Bonchev–Trinajstić information content (AvgIpc) is 2.72. The molecule has 1 saturated carbocycles. The molecule has 1 aliphatic carbocycles. The molecule has 2 N–H and O–H groups in total. The lowest BCUT2D eigenvalue weighted by Crippen LogP contribution is -2.47. The van der Waals surface area contributed by atoms with Crippen molar-refractivity contribution < 1.29 is 13.2 Å². The maximum absolute atomic E-state index is 12.4. The van der Waals surface area contributed by atoms with Gasteiger partial charge in [-0.15, -0.1) is 0 Å². The predicted molar refractivity (Wildman–Crippen MR) is 70.8 cm³/mol. The Labute approximate surface area is 110 Å². The van der Waals surface area contributed by atoms with Crippen LogP contribution in [0, 0.1) is 0 Å². The van der Waals surface area contributed by atoms with Crippen molar-refractivity contribution >= 4 is 10.0 Å². The molecule has 1 atom stereocenters. The van der Waals surface area contributed by atoms with E-state index in [0.717, 1.165) is 38.5 Å². The van der Waals surface area contributed by atoms with Crippen molar-refractivity contribution in [3.05, 3.63) is 0 Å². The van der Waals surface area contributed by atoms with E-state index in [1.54, 1.807) is 4.31 Å². The molecule has 1 unspecified atom stereocenters. The summed E-state index contributed by atoms with van der Waals surface area (Å²) in [6.07, 6.45) is 5.61. The zero-order chi connectivity index (χ0) is 13.0. The van der Waals surface area contributed by atoms with Gasteiger partial charge in [0.2, 0.25) is 10.0 Å². The van der Waals surface area contributed by atoms with Crippen molar-refractivity contribution in [2.24, 2.45) is 5.73 Å². The zero-order valence-electron chi connectivity index (χ0n) is 10.9. The number of nitrogens with zero attached hydrogens (tertiary/aromatic N) is 1. The summed E-state index contributed by atoms with van der Waals surface area (Å²) in [7, 11) is -3.19. The second-order valence-electron chi connectivity index (χ2n) is 5.25. The van der Waals surface area contributed by atoms with Crippen molar-refractivity contribution in [1.82, 2.24) is 4.31 Å². The SMILES string of the molecule is NCCCN(C1CCC1)S(=O)(=O)CC1CCCO1. The van der Waals surface area contributed by atoms with Gasteiger partial charge in [-0.1, -0.05) is 6.42 Å². The first-order valence-electron chi connectivity index (χ1n) is 6.94. The largest absolute Gasteiger partial charge is 0.377 e. The Balaban J connectivity index is 1.97. The highest BCUT2D eigenvalue weighted by Crippen LogP contribution is 2.28. The number of rotatable bonds is 7. The van der Waals surface area contributed by atoms with E-state index in [1.165, 1.54) is 0 Å². The predicted octanol–water partition coefficient (Wildman–Crippen LogP) is 0.698. The van der Waals surface area contributed by atoms with Crippen LogP contribution in [-0.4, -0.2) is 50.3 Å². The zero-order valence-corrected chi connectivity index (χ0v) is 11.7. The van der Waals surface area contributed by atoms with Crippen LogP contribution in [0.25, 0.3) is 0 Å². The van der Waals surface area contributed by atoms with E-state index < -0.39 is 10.0 Å². The minimum Gasteiger partial charge on any atom is -0.377 e. The van der Waals surface area contributed by atoms with E-state index in [2.05, 4.69) is 0 Å². The normalized spacial score (nSPS) is 25.6. The third-order valence-corrected chi connectivity index (χ3v) is 5.83. The smallest absolute Gasteiger partial charge is 0.216 e. The van der Waals surface area contributed by atoms with Gasteiger partial charge in [0.15, 0.2) is 0 Å². The highest BCUT2D eigenvalue weighted by atomic mass is 32.2. The van der Waals surface area contributed by atoms with Gasteiger partial charge in [-0.3, -0.25) is 0 Å². The van der Waals surface area contributed by atoms with E-state index in [1.807, 2.05) is 0 Å². The molecule has 5 nitrogen and oxygen atoms in total. The van der Waals surface area contributed by atoms with E-state index in [4.69, 9.17) is 10.5 Å². The number of hydrogen-bond donors (Lipinski definition) is 1. The van der Waals surface area contributed by atoms with Crippen LogP contribution >= 0.6 is 0 Å². The summed E-state index contributed by atoms with van der Waals surface area (Å²) in [4.78, 5) is 0. The summed E-state index contributed by atoms with van der Waals surface area (Å²) in [5.74, 6) is 0.147. The number of nitrogens with two attached hydrogens (primary N) is 1. The van der Waals surface area contributed by atoms with Crippen LogP contribution in [-0.2, 0) is 14.8 Å². The molecule has 1 aliphatic heterocycles. The molecule has 0 spiro atoms. The third kappa shape index (κ3) is 3.44. The molecular weight excluding hydrogens is 252 g/mol. The Morgan fingerprint density at radius 3 is 2.50 bits per heavy atom. The molecule has 0 aromatic rings. The van der Waals surface area contributed by atoms with Gasteiger partial charge >= 0.3 is 0 Å². The molecular formula is C12H24N2O3S. The number of hydrogen-bond acceptors (Lipinski definition) is 4. The molecule has 0 radical (unpaired) electrons. The van der Waals surface area contributed by atoms with Crippen LogP contribution < -0.4 is 5.73 Å². The number of ether oxygens (including phenoxy) is 1. The standard InChI is InChI=1S/C12H24N2O3S/c13-7-3-8-14(11-4-1-5-11)18(15,16)10-12-6-2-9-17-12/h11-12H,1-10,13H2. The van der Waals surface area contributed by atoms with Gasteiger partial charge in [-0.2, -0.15) is 4.31 Å². The Kier molecular flexibility index (Phi) is 5.00. The fourth-order valence-electron chi connectivity index (χ4n) is 2.58. The van der Waals surface area contributed by atoms with Crippen molar-refractivity contribution in [1.29, 1.82) is 0 Å². The van der Waals surface area contributed by atoms with Crippen LogP contribution in [0.5, 0.6) is 0 Å². The van der Waals surface area contributed by atoms with Crippen LogP contribution in [0.15, 0.2) is 0 Å². The molecule has 2 aliphatic rings. The first-order chi connectivity index (χ1) is 8.63. The summed E-state index contributed by atoms with van der Waals surface area (Å²) in [6.45, 7) is 1.81. The molecule has 0 aromatic heterocycles. The monoisotopic (exact) mass is 276 g/mol. The first-order valence-corrected chi connectivity index (χ1v) is 8.55. The molecule has 0 bridgehead atoms. The second-order valence-corrected chi connectivity index (χ2v) is 7.22. The second kappa shape index (κ2) is 6.32. The van der Waals surface area contributed by atoms with E-state index in [0.29, 0.717) is 19.7 Å². The van der Waals surface area contributed by atoms with Crippen molar-refractivity contribution in [3.63, 3.8) is 0 Å². The van der Waals surface area contributed by atoms with E-state index >= 15 is 0 Å². The first kappa shape index (κ1) is 14.2. The molecule has 1 saturated heterocycles. The Bertz CT molecular complexity index is 348. The van der Waals surface area contributed by atoms with Gasteiger partial charge in [0.1, 0.15) is 0 Å². The van der Waals surface area contributed by atoms with E-state index in [-0.39, 0.29) is 17.9 Å². The van der Waals surface area contributed by atoms with Gasteiger partial charge in [0, 0.05) is 19.2 Å². The molecule has 2 fully saturated rings. The van der Waals surface area contributed by atoms with Crippen LogP contribution in [0.4, 0.5) is 0 Å². The summed E-state index contributed by atoms with van der Waals surface area (Å²) < 4.78 is 32.0. The molecule has 106 valence electrons. The Hall–Kier alpha value is -0.170. The summed E-state index contributed by atoms with van der Waals surface area (Å²) >= 11 is 0. The highest BCUT2D eigenvalue weighted by molar-refractivity contribution is 7.89. The molecule has 0 aromatic carbocycles. The third-order valence-electron chi connectivity index (χ3n) is 3.84. The van der Waals surface area contributed by atoms with Crippen molar-refractivity contribution in [2.45, 2.75) is 50.7 Å².